The number of nitrogens with zero attached hydrogens (tertiary/aromatic N) is 2. The third kappa shape index (κ3) is 3.07. The van der Waals surface area contributed by atoms with Gasteiger partial charge in [0.1, 0.15) is 5.75 Å². The van der Waals surface area contributed by atoms with Crippen molar-refractivity contribution in [3.63, 3.8) is 0 Å². The average molecular weight is 254 g/mol. The monoisotopic (exact) mass is 254 g/mol. The maximum absolute atomic E-state index is 11.3. The summed E-state index contributed by atoms with van der Waals surface area (Å²) in [5.74, 6) is 0.441. The van der Waals surface area contributed by atoms with Crippen molar-refractivity contribution in [2.45, 2.75) is 0 Å². The van der Waals surface area contributed by atoms with Gasteiger partial charge in [0.25, 0.3) is 0 Å². The number of carbonyl (C=O) groups excluding carboxylic acids is 1. The number of methoxy groups -OCH3 is 1. The van der Waals surface area contributed by atoms with Gasteiger partial charge in [-0.3, -0.25) is 0 Å². The highest BCUT2D eigenvalue weighted by molar-refractivity contribution is 5.89. The maximum atomic E-state index is 11.3. The second kappa shape index (κ2) is 5.65. The topological polar surface area (TPSA) is 72.2 Å². The zero-order valence-corrected chi connectivity index (χ0v) is 10.2. The first kappa shape index (κ1) is 12.6. The van der Waals surface area contributed by atoms with Crippen molar-refractivity contribution in [3.05, 3.63) is 53.7 Å². The van der Waals surface area contributed by atoms with Crippen LogP contribution in [0.3, 0.4) is 0 Å². The van der Waals surface area contributed by atoms with Crippen molar-refractivity contribution >= 4 is 5.97 Å². The molecule has 5 heteroatoms. The Bertz CT molecular complexity index is 630. The number of esters is 1. The molecule has 2 rings (SSSR count). The van der Waals surface area contributed by atoms with Crippen LogP contribution >= 0.6 is 0 Å². The maximum Gasteiger partial charge on any atom is 0.337 e. The van der Waals surface area contributed by atoms with E-state index in [9.17, 15) is 4.79 Å². The SMILES string of the molecule is COC(=O)c1ccc(Oc2cc(C#N)ccn2)cc1. The molecule has 0 unspecified atom stereocenters. The largest absolute Gasteiger partial charge is 0.465 e. The minimum atomic E-state index is -0.406. The number of rotatable bonds is 3. The van der Waals surface area contributed by atoms with E-state index in [2.05, 4.69) is 9.72 Å². The molecule has 0 radical (unpaired) electrons. The minimum absolute atomic E-state index is 0.324. The van der Waals surface area contributed by atoms with E-state index in [1.165, 1.54) is 19.4 Å². The Hall–Kier alpha value is -2.87. The fraction of sp³-hybridized carbons (Fsp3) is 0.0714. The number of carbonyl (C=O) groups is 1. The molecule has 2 aromatic rings. The molecule has 0 spiro atoms. The summed E-state index contributed by atoms with van der Waals surface area (Å²) in [6.07, 6.45) is 1.50. The lowest BCUT2D eigenvalue weighted by Gasteiger charge is -2.05. The molecule has 0 amide bonds. The Morgan fingerprint density at radius 1 is 1.26 bits per heavy atom. The summed E-state index contributed by atoms with van der Waals surface area (Å²) in [4.78, 5) is 15.2. The minimum Gasteiger partial charge on any atom is -0.465 e. The van der Waals surface area contributed by atoms with Crippen LogP contribution in [-0.2, 0) is 4.74 Å². The van der Waals surface area contributed by atoms with Gasteiger partial charge in [0, 0.05) is 12.3 Å². The molecule has 0 fully saturated rings. The van der Waals surface area contributed by atoms with E-state index in [-0.39, 0.29) is 0 Å². The number of ether oxygens (including phenoxy) is 2. The van der Waals surface area contributed by atoms with E-state index in [0.717, 1.165) is 0 Å². The fourth-order valence-corrected chi connectivity index (χ4v) is 1.43. The predicted molar refractivity (Wildman–Crippen MR) is 66.8 cm³/mol. The summed E-state index contributed by atoms with van der Waals surface area (Å²) < 4.78 is 10.1. The molecule has 0 saturated heterocycles. The molecular weight excluding hydrogens is 244 g/mol. The van der Waals surface area contributed by atoms with Crippen molar-refractivity contribution in [1.29, 1.82) is 5.26 Å². The fourth-order valence-electron chi connectivity index (χ4n) is 1.43. The number of pyridine rings is 1. The summed E-state index contributed by atoms with van der Waals surface area (Å²) in [5.41, 5.74) is 0.907. The second-order valence-electron chi connectivity index (χ2n) is 3.61. The van der Waals surface area contributed by atoms with Gasteiger partial charge in [-0.05, 0) is 30.3 Å². The molecular formula is C14H10N2O3. The van der Waals surface area contributed by atoms with Gasteiger partial charge in [0.2, 0.25) is 5.88 Å². The smallest absolute Gasteiger partial charge is 0.337 e. The Balaban J connectivity index is 2.15. The summed E-state index contributed by atoms with van der Waals surface area (Å²) in [6, 6.07) is 11.6. The standard InChI is InChI=1S/C14H10N2O3/c1-18-14(17)11-2-4-12(5-3-11)19-13-8-10(9-15)6-7-16-13/h2-8H,1H3. The zero-order valence-electron chi connectivity index (χ0n) is 10.2. The van der Waals surface area contributed by atoms with Gasteiger partial charge in [-0.2, -0.15) is 5.26 Å². The zero-order chi connectivity index (χ0) is 13.7. The highest BCUT2D eigenvalue weighted by Gasteiger charge is 2.05. The van der Waals surface area contributed by atoms with E-state index in [4.69, 9.17) is 10.00 Å². The third-order valence-electron chi connectivity index (χ3n) is 2.36. The second-order valence-corrected chi connectivity index (χ2v) is 3.61. The average Bonchev–Trinajstić information content (AvgIpc) is 2.47. The molecule has 0 N–H and O–H groups in total. The van der Waals surface area contributed by atoms with E-state index < -0.39 is 5.97 Å². The first-order valence-corrected chi connectivity index (χ1v) is 5.45. The Morgan fingerprint density at radius 2 is 2.00 bits per heavy atom. The molecule has 0 bridgehead atoms. The molecule has 0 aliphatic rings. The Labute approximate surface area is 110 Å². The number of aromatic nitrogens is 1. The molecule has 0 aliphatic carbocycles. The van der Waals surface area contributed by atoms with Crippen LogP contribution in [0.15, 0.2) is 42.6 Å². The van der Waals surface area contributed by atoms with E-state index in [1.54, 1.807) is 30.3 Å². The van der Waals surface area contributed by atoms with Crippen LogP contribution in [0.2, 0.25) is 0 Å². The van der Waals surface area contributed by atoms with Crippen LogP contribution in [0.5, 0.6) is 11.6 Å². The van der Waals surface area contributed by atoms with Crippen molar-refractivity contribution < 1.29 is 14.3 Å². The number of hydrogen-bond acceptors (Lipinski definition) is 5. The van der Waals surface area contributed by atoms with Crippen LogP contribution in [0.4, 0.5) is 0 Å². The van der Waals surface area contributed by atoms with E-state index in [1.807, 2.05) is 6.07 Å². The molecule has 1 aromatic carbocycles. The first-order valence-electron chi connectivity index (χ1n) is 5.45. The van der Waals surface area contributed by atoms with Crippen LogP contribution in [0.25, 0.3) is 0 Å². The van der Waals surface area contributed by atoms with Crippen molar-refractivity contribution in [1.82, 2.24) is 4.98 Å². The van der Waals surface area contributed by atoms with Gasteiger partial charge >= 0.3 is 5.97 Å². The highest BCUT2D eigenvalue weighted by atomic mass is 16.5. The summed E-state index contributed by atoms with van der Waals surface area (Å²) >= 11 is 0. The van der Waals surface area contributed by atoms with Gasteiger partial charge in [-0.25, -0.2) is 9.78 Å². The number of nitriles is 1. The van der Waals surface area contributed by atoms with Gasteiger partial charge in [-0.15, -0.1) is 0 Å². The Kier molecular flexibility index (Phi) is 3.74. The lowest BCUT2D eigenvalue weighted by molar-refractivity contribution is 0.0600. The molecule has 5 nitrogen and oxygen atoms in total. The molecule has 1 aromatic heterocycles. The predicted octanol–water partition coefficient (Wildman–Crippen LogP) is 2.53. The normalized spacial score (nSPS) is 9.47. The first-order chi connectivity index (χ1) is 9.22. The van der Waals surface area contributed by atoms with Crippen molar-refractivity contribution in [3.8, 4) is 17.7 Å². The van der Waals surface area contributed by atoms with Crippen LogP contribution in [0.1, 0.15) is 15.9 Å². The van der Waals surface area contributed by atoms with Crippen molar-refractivity contribution in [2.24, 2.45) is 0 Å². The molecule has 0 saturated carbocycles. The summed E-state index contributed by atoms with van der Waals surface area (Å²) in [6.45, 7) is 0. The van der Waals surface area contributed by atoms with Crippen LogP contribution in [0, 0.1) is 11.3 Å². The molecule has 94 valence electrons. The lowest BCUT2D eigenvalue weighted by Crippen LogP contribution is -2.00. The van der Waals surface area contributed by atoms with E-state index in [0.29, 0.717) is 22.8 Å². The number of hydrogen-bond donors (Lipinski definition) is 0. The van der Waals surface area contributed by atoms with Crippen molar-refractivity contribution in [2.75, 3.05) is 7.11 Å². The highest BCUT2D eigenvalue weighted by Crippen LogP contribution is 2.20. The van der Waals surface area contributed by atoms with Gasteiger partial charge in [0.15, 0.2) is 0 Å². The van der Waals surface area contributed by atoms with Gasteiger partial charge in [0.05, 0.1) is 24.3 Å². The van der Waals surface area contributed by atoms with Crippen LogP contribution in [-0.4, -0.2) is 18.1 Å². The molecule has 1 heterocycles. The Morgan fingerprint density at radius 3 is 2.63 bits per heavy atom. The molecule has 0 atom stereocenters. The van der Waals surface area contributed by atoms with Crippen LogP contribution < -0.4 is 4.74 Å². The summed E-state index contributed by atoms with van der Waals surface area (Å²) in [5, 5.41) is 8.77. The lowest BCUT2D eigenvalue weighted by atomic mass is 10.2. The van der Waals surface area contributed by atoms with Gasteiger partial charge < -0.3 is 9.47 Å². The molecule has 19 heavy (non-hydrogen) atoms. The third-order valence-corrected chi connectivity index (χ3v) is 2.36. The van der Waals surface area contributed by atoms with E-state index >= 15 is 0 Å². The van der Waals surface area contributed by atoms with Gasteiger partial charge in [-0.1, -0.05) is 0 Å². The molecule has 0 aliphatic heterocycles. The summed E-state index contributed by atoms with van der Waals surface area (Å²) in [7, 11) is 1.32. The quantitative estimate of drug-likeness (QED) is 0.787. The number of benzene rings is 1.